The summed E-state index contributed by atoms with van der Waals surface area (Å²) < 4.78 is 29.1. The van der Waals surface area contributed by atoms with Crippen molar-refractivity contribution in [3.8, 4) is 5.75 Å². The van der Waals surface area contributed by atoms with Crippen LogP contribution in [0.1, 0.15) is 30.5 Å². The molecule has 1 amide bonds. The predicted molar refractivity (Wildman–Crippen MR) is 100 cm³/mol. The van der Waals surface area contributed by atoms with Crippen LogP contribution in [0.25, 0.3) is 0 Å². The quantitative estimate of drug-likeness (QED) is 0.521. The number of carbonyl (C=O) groups excluding carboxylic acids is 1. The van der Waals surface area contributed by atoms with Gasteiger partial charge in [0.2, 0.25) is 0 Å². The molecule has 0 aliphatic rings. The smallest absolute Gasteiger partial charge is 0.387 e. The number of rotatable bonds is 9. The van der Waals surface area contributed by atoms with Crippen LogP contribution < -0.4 is 10.1 Å². The van der Waals surface area contributed by atoms with Crippen molar-refractivity contribution in [1.82, 2.24) is 0 Å². The molecule has 5 nitrogen and oxygen atoms in total. The van der Waals surface area contributed by atoms with Crippen molar-refractivity contribution in [3.63, 3.8) is 0 Å². The maximum atomic E-state index is 12.4. The minimum Gasteiger partial charge on any atom is -0.434 e. The predicted octanol–water partition coefficient (Wildman–Crippen LogP) is 4.40. The van der Waals surface area contributed by atoms with Crippen LogP contribution in [0.3, 0.4) is 0 Å². The van der Waals surface area contributed by atoms with Crippen molar-refractivity contribution >= 4 is 17.8 Å². The van der Waals surface area contributed by atoms with Crippen molar-refractivity contribution in [1.29, 1.82) is 0 Å². The number of anilines is 1. The first kappa shape index (κ1) is 20.4. The number of carbonyl (C=O) groups is 1. The zero-order chi connectivity index (χ0) is 19.6. The summed E-state index contributed by atoms with van der Waals surface area (Å²) in [5, 5.41) is 6.52. The number of nitrogens with zero attached hydrogens (tertiary/aromatic N) is 1. The molecule has 0 aliphatic carbocycles. The summed E-state index contributed by atoms with van der Waals surface area (Å²) in [4.78, 5) is 17.1. The highest BCUT2D eigenvalue weighted by atomic mass is 19.3. The Hall–Kier alpha value is -2.96. The number of aryl methyl sites for hydroxylation is 2. The minimum atomic E-state index is -2.93. The molecule has 0 radical (unpaired) electrons. The zero-order valence-corrected chi connectivity index (χ0v) is 15.2. The van der Waals surface area contributed by atoms with Gasteiger partial charge < -0.3 is 14.9 Å². The van der Waals surface area contributed by atoms with Crippen molar-refractivity contribution in [2.24, 2.45) is 5.16 Å². The van der Waals surface area contributed by atoms with E-state index >= 15 is 0 Å². The monoisotopic (exact) mass is 376 g/mol. The van der Waals surface area contributed by atoms with Crippen LogP contribution >= 0.6 is 0 Å². The van der Waals surface area contributed by atoms with E-state index in [9.17, 15) is 13.6 Å². The Kier molecular flexibility index (Phi) is 7.73. The molecule has 0 spiro atoms. The van der Waals surface area contributed by atoms with Crippen LogP contribution in [-0.4, -0.2) is 25.3 Å². The van der Waals surface area contributed by atoms with E-state index in [4.69, 9.17) is 4.84 Å². The molecular weight excluding hydrogens is 354 g/mol. The van der Waals surface area contributed by atoms with Gasteiger partial charge in [-0.1, -0.05) is 49.3 Å². The summed E-state index contributed by atoms with van der Waals surface area (Å²) in [6, 6.07) is 12.1. The number of alkyl halides is 2. The van der Waals surface area contributed by atoms with Crippen LogP contribution in [0.5, 0.6) is 5.75 Å². The number of hydrogen-bond acceptors (Lipinski definition) is 4. The highest BCUT2D eigenvalue weighted by Crippen LogP contribution is 2.22. The van der Waals surface area contributed by atoms with Crippen LogP contribution in [0.15, 0.2) is 47.6 Å². The van der Waals surface area contributed by atoms with Crippen LogP contribution in [-0.2, 0) is 22.5 Å². The minimum absolute atomic E-state index is 0.0197. The average Bonchev–Trinajstić information content (AvgIpc) is 2.66. The molecule has 0 saturated heterocycles. The van der Waals surface area contributed by atoms with Gasteiger partial charge in [-0.3, -0.25) is 4.79 Å². The lowest BCUT2D eigenvalue weighted by atomic mass is 10.0. The van der Waals surface area contributed by atoms with Gasteiger partial charge in [0, 0.05) is 11.3 Å². The first-order valence-corrected chi connectivity index (χ1v) is 8.64. The summed E-state index contributed by atoms with van der Waals surface area (Å²) in [5.74, 6) is -0.367. The van der Waals surface area contributed by atoms with Gasteiger partial charge in [-0.15, -0.1) is 0 Å². The fourth-order valence-corrected chi connectivity index (χ4v) is 2.56. The van der Waals surface area contributed by atoms with Gasteiger partial charge >= 0.3 is 6.61 Å². The SMILES string of the molecule is CCc1cccc(CC)c1NC(=O)CO/N=C/c1ccccc1OC(F)F. The molecule has 0 fully saturated rings. The fourth-order valence-electron chi connectivity index (χ4n) is 2.56. The zero-order valence-electron chi connectivity index (χ0n) is 15.2. The number of benzene rings is 2. The molecule has 7 heteroatoms. The number of ether oxygens (including phenoxy) is 1. The standard InChI is InChI=1S/C20H22F2N2O3/c1-3-14-9-7-10-15(4-2)19(14)24-18(25)13-26-23-12-16-8-5-6-11-17(16)27-20(21)22/h5-12,20H,3-4,13H2,1-2H3,(H,24,25)/b23-12+. The van der Waals surface area contributed by atoms with Gasteiger partial charge in [-0.25, -0.2) is 0 Å². The number of amides is 1. The molecule has 1 N–H and O–H groups in total. The first-order valence-electron chi connectivity index (χ1n) is 8.64. The summed E-state index contributed by atoms with van der Waals surface area (Å²) in [7, 11) is 0. The fraction of sp³-hybridized carbons (Fsp3) is 0.300. The van der Waals surface area contributed by atoms with Gasteiger partial charge in [0.1, 0.15) is 5.75 Å². The van der Waals surface area contributed by atoms with E-state index in [1.54, 1.807) is 18.2 Å². The van der Waals surface area contributed by atoms with E-state index in [2.05, 4.69) is 15.2 Å². The number of halogens is 2. The summed E-state index contributed by atoms with van der Waals surface area (Å²) in [6.45, 7) is 0.807. The molecule has 0 unspecified atom stereocenters. The molecule has 0 heterocycles. The molecule has 0 atom stereocenters. The molecule has 0 aliphatic heterocycles. The van der Waals surface area contributed by atoms with E-state index in [0.717, 1.165) is 29.7 Å². The summed E-state index contributed by atoms with van der Waals surface area (Å²) in [6.07, 6.45) is 2.81. The van der Waals surface area contributed by atoms with Crippen LogP contribution in [0, 0.1) is 0 Å². The number of hydrogen-bond donors (Lipinski definition) is 1. The van der Waals surface area contributed by atoms with E-state index in [-0.39, 0.29) is 18.3 Å². The Labute approximate surface area is 157 Å². The molecule has 2 aromatic carbocycles. The molecule has 0 saturated carbocycles. The molecule has 144 valence electrons. The number of oxime groups is 1. The van der Waals surface area contributed by atoms with E-state index in [0.29, 0.717) is 5.56 Å². The van der Waals surface area contributed by atoms with Crippen LogP contribution in [0.2, 0.25) is 0 Å². The van der Waals surface area contributed by atoms with Gasteiger partial charge in [0.15, 0.2) is 6.61 Å². The van der Waals surface area contributed by atoms with Crippen molar-refractivity contribution in [3.05, 3.63) is 59.2 Å². The molecule has 0 bridgehead atoms. The first-order chi connectivity index (χ1) is 13.0. The molecule has 2 aromatic rings. The second kappa shape index (κ2) is 10.3. The van der Waals surface area contributed by atoms with Crippen molar-refractivity contribution in [2.45, 2.75) is 33.3 Å². The Morgan fingerprint density at radius 3 is 2.41 bits per heavy atom. The summed E-state index contributed by atoms with van der Waals surface area (Å²) in [5.41, 5.74) is 3.21. The third-order valence-electron chi connectivity index (χ3n) is 3.86. The van der Waals surface area contributed by atoms with Crippen molar-refractivity contribution < 1.29 is 23.1 Å². The normalized spacial score (nSPS) is 11.0. The van der Waals surface area contributed by atoms with Crippen molar-refractivity contribution in [2.75, 3.05) is 11.9 Å². The lowest BCUT2D eigenvalue weighted by Crippen LogP contribution is -2.19. The Morgan fingerprint density at radius 1 is 1.11 bits per heavy atom. The third-order valence-corrected chi connectivity index (χ3v) is 3.86. The Morgan fingerprint density at radius 2 is 1.78 bits per heavy atom. The van der Waals surface area contributed by atoms with Gasteiger partial charge in [-0.05, 0) is 36.1 Å². The summed E-state index contributed by atoms with van der Waals surface area (Å²) >= 11 is 0. The molecule has 27 heavy (non-hydrogen) atoms. The maximum Gasteiger partial charge on any atom is 0.387 e. The molecular formula is C20H22F2N2O3. The lowest BCUT2D eigenvalue weighted by Gasteiger charge is -2.13. The largest absolute Gasteiger partial charge is 0.434 e. The second-order valence-electron chi connectivity index (χ2n) is 5.63. The highest BCUT2D eigenvalue weighted by Gasteiger charge is 2.11. The maximum absolute atomic E-state index is 12.4. The Balaban J connectivity index is 1.95. The topological polar surface area (TPSA) is 59.9 Å². The van der Waals surface area contributed by atoms with Gasteiger partial charge in [0.05, 0.1) is 6.21 Å². The average molecular weight is 376 g/mol. The molecule has 0 aromatic heterocycles. The lowest BCUT2D eigenvalue weighted by molar-refractivity contribution is -0.120. The second-order valence-corrected chi connectivity index (χ2v) is 5.63. The molecule has 2 rings (SSSR count). The number of para-hydroxylation sites is 2. The Bertz CT molecular complexity index is 772. The third kappa shape index (κ3) is 6.06. The van der Waals surface area contributed by atoms with Gasteiger partial charge in [0.25, 0.3) is 5.91 Å². The number of nitrogens with one attached hydrogen (secondary N) is 1. The van der Waals surface area contributed by atoms with E-state index < -0.39 is 6.61 Å². The van der Waals surface area contributed by atoms with E-state index in [1.165, 1.54) is 12.3 Å². The van der Waals surface area contributed by atoms with Gasteiger partial charge in [-0.2, -0.15) is 8.78 Å². The van der Waals surface area contributed by atoms with E-state index in [1.807, 2.05) is 32.0 Å². The van der Waals surface area contributed by atoms with Crippen LogP contribution in [0.4, 0.5) is 14.5 Å². The highest BCUT2D eigenvalue weighted by molar-refractivity contribution is 5.93.